The fourth-order valence-corrected chi connectivity index (χ4v) is 6.26. The monoisotopic (exact) mass is 499 g/mol. The number of aliphatic imine (C=N–C) groups is 1. The third kappa shape index (κ3) is 4.13. The van der Waals surface area contributed by atoms with Gasteiger partial charge in [0, 0.05) is 34.5 Å². The van der Waals surface area contributed by atoms with Crippen LogP contribution in [0.15, 0.2) is 82.3 Å². The quantitative estimate of drug-likeness (QED) is 0.415. The first-order valence-corrected chi connectivity index (χ1v) is 12.9. The second-order valence-corrected chi connectivity index (χ2v) is 10.3. The average Bonchev–Trinajstić information content (AvgIpc) is 3.59. The minimum absolute atomic E-state index is 0.0990. The molecule has 1 aromatic heterocycles. The van der Waals surface area contributed by atoms with Crippen LogP contribution in [0.4, 0.5) is 0 Å². The number of thiophene rings is 1. The average molecular weight is 500 g/mol. The predicted molar refractivity (Wildman–Crippen MR) is 136 cm³/mol. The van der Waals surface area contributed by atoms with Crippen molar-refractivity contribution in [2.24, 2.45) is 10.9 Å². The van der Waals surface area contributed by atoms with Crippen LogP contribution in [-0.2, 0) is 20.9 Å². The van der Waals surface area contributed by atoms with Gasteiger partial charge in [0.15, 0.2) is 11.5 Å². The van der Waals surface area contributed by atoms with Crippen LogP contribution in [0.5, 0.6) is 11.5 Å². The molecule has 6 rings (SSSR count). The van der Waals surface area contributed by atoms with E-state index in [-0.39, 0.29) is 25.1 Å². The van der Waals surface area contributed by atoms with Gasteiger partial charge in [-0.2, -0.15) is 0 Å². The summed E-state index contributed by atoms with van der Waals surface area (Å²) in [5.41, 5.74) is 3.59. The lowest BCUT2D eigenvalue weighted by atomic mass is 9.67. The molecule has 0 saturated heterocycles. The van der Waals surface area contributed by atoms with E-state index in [9.17, 15) is 9.59 Å². The first kappa shape index (κ1) is 22.7. The fraction of sp³-hybridized carbons (Fsp3) is 0.276. The van der Waals surface area contributed by atoms with Gasteiger partial charge in [-0.25, -0.2) is 4.79 Å². The number of benzene rings is 2. The molecule has 1 saturated carbocycles. The van der Waals surface area contributed by atoms with E-state index in [1.54, 1.807) is 11.3 Å². The number of ketones is 1. The number of carbonyl (C=O) groups excluding carboxylic acids is 2. The van der Waals surface area contributed by atoms with E-state index in [0.29, 0.717) is 35.6 Å². The number of Topliss-reactive ketones (excluding diaryl/α,β-unsaturated/α-hetero) is 1. The Morgan fingerprint density at radius 3 is 2.67 bits per heavy atom. The van der Waals surface area contributed by atoms with Crippen molar-refractivity contribution in [3.8, 4) is 11.5 Å². The standard InChI is InChI=1S/C29H25NO5S/c1-17-26(29(32)33-15-18-6-3-2-4-7-18)27(19-9-10-23-24(14-19)35-16-34-23)28-21(30-17)12-20(13-22(28)31)25-8-5-11-36-25/h2-11,14,20,27-28H,12-13,15-16H2,1H3/t20-,27+,28-/m1/s1. The van der Waals surface area contributed by atoms with Crippen LogP contribution in [0, 0.1) is 5.92 Å². The third-order valence-electron chi connectivity index (χ3n) is 7.09. The van der Waals surface area contributed by atoms with E-state index in [2.05, 4.69) is 6.07 Å². The molecule has 0 radical (unpaired) electrons. The lowest BCUT2D eigenvalue weighted by Gasteiger charge is -2.38. The Balaban J connectivity index is 1.39. The van der Waals surface area contributed by atoms with Gasteiger partial charge in [0.25, 0.3) is 0 Å². The Morgan fingerprint density at radius 1 is 1.03 bits per heavy atom. The number of carbonyl (C=O) groups is 2. The van der Waals surface area contributed by atoms with Gasteiger partial charge in [-0.05, 0) is 48.1 Å². The molecule has 1 aliphatic carbocycles. The number of ether oxygens (including phenoxy) is 3. The molecular weight excluding hydrogens is 474 g/mol. The second kappa shape index (κ2) is 9.39. The summed E-state index contributed by atoms with van der Waals surface area (Å²) in [6.45, 7) is 2.14. The number of esters is 1. The highest BCUT2D eigenvalue weighted by Gasteiger charge is 2.46. The summed E-state index contributed by atoms with van der Waals surface area (Å²) in [5, 5.41) is 2.04. The molecule has 36 heavy (non-hydrogen) atoms. The molecule has 0 bridgehead atoms. The van der Waals surface area contributed by atoms with Crippen LogP contribution in [0.25, 0.3) is 0 Å². The van der Waals surface area contributed by atoms with Crippen molar-refractivity contribution in [2.75, 3.05) is 6.79 Å². The highest BCUT2D eigenvalue weighted by atomic mass is 32.1. The molecule has 2 aromatic carbocycles. The summed E-state index contributed by atoms with van der Waals surface area (Å²) < 4.78 is 16.9. The van der Waals surface area contributed by atoms with E-state index < -0.39 is 17.8 Å². The molecule has 0 N–H and O–H groups in total. The van der Waals surface area contributed by atoms with E-state index in [0.717, 1.165) is 16.8 Å². The minimum Gasteiger partial charge on any atom is -0.457 e. The first-order chi connectivity index (χ1) is 17.6. The zero-order valence-corrected chi connectivity index (χ0v) is 20.6. The number of fused-ring (bicyclic) bond motifs is 2. The molecule has 3 aliphatic rings. The molecular formula is C29H25NO5S. The maximum atomic E-state index is 13.7. The highest BCUT2D eigenvalue weighted by molar-refractivity contribution is 7.10. The van der Waals surface area contributed by atoms with Crippen molar-refractivity contribution >= 4 is 28.8 Å². The zero-order valence-electron chi connectivity index (χ0n) is 19.8. The molecule has 0 unspecified atom stereocenters. The molecule has 1 fully saturated rings. The van der Waals surface area contributed by atoms with Crippen LogP contribution in [-0.4, -0.2) is 24.3 Å². The van der Waals surface area contributed by atoms with Gasteiger partial charge in [-0.3, -0.25) is 9.79 Å². The minimum atomic E-state index is -0.510. The molecule has 6 nitrogen and oxygen atoms in total. The summed E-state index contributed by atoms with van der Waals surface area (Å²) in [5.74, 6) is 0.0360. The normalized spacial score (nSPS) is 22.8. The summed E-state index contributed by atoms with van der Waals surface area (Å²) in [4.78, 5) is 33.3. The second-order valence-electron chi connectivity index (χ2n) is 9.32. The van der Waals surface area contributed by atoms with E-state index in [1.807, 2.05) is 66.9 Å². The van der Waals surface area contributed by atoms with Crippen LogP contribution < -0.4 is 9.47 Å². The van der Waals surface area contributed by atoms with E-state index in [4.69, 9.17) is 19.2 Å². The van der Waals surface area contributed by atoms with E-state index >= 15 is 0 Å². The van der Waals surface area contributed by atoms with Crippen LogP contribution >= 0.6 is 11.3 Å². The number of hydrogen-bond acceptors (Lipinski definition) is 7. The van der Waals surface area contributed by atoms with Crippen molar-refractivity contribution < 1.29 is 23.8 Å². The van der Waals surface area contributed by atoms with Crippen molar-refractivity contribution in [3.63, 3.8) is 0 Å². The largest absolute Gasteiger partial charge is 0.457 e. The Labute approximate surface area is 213 Å². The summed E-state index contributed by atoms with van der Waals surface area (Å²) in [6, 6.07) is 19.3. The topological polar surface area (TPSA) is 74.2 Å². The maximum absolute atomic E-state index is 13.7. The molecule has 2 aliphatic heterocycles. The Kier molecular flexibility index (Phi) is 5.93. The number of allylic oxidation sites excluding steroid dienone is 1. The summed E-state index contributed by atoms with van der Waals surface area (Å²) in [6.07, 6.45) is 1.12. The molecule has 7 heteroatoms. The zero-order chi connectivity index (χ0) is 24.6. The van der Waals surface area contributed by atoms with Crippen molar-refractivity contribution in [1.29, 1.82) is 0 Å². The maximum Gasteiger partial charge on any atom is 0.336 e. The smallest absolute Gasteiger partial charge is 0.336 e. The molecule has 182 valence electrons. The molecule has 3 atom stereocenters. The van der Waals surface area contributed by atoms with Crippen LogP contribution in [0.2, 0.25) is 0 Å². The van der Waals surface area contributed by atoms with Gasteiger partial charge in [0.2, 0.25) is 6.79 Å². The van der Waals surface area contributed by atoms with Gasteiger partial charge >= 0.3 is 5.97 Å². The van der Waals surface area contributed by atoms with E-state index in [1.165, 1.54) is 4.88 Å². The third-order valence-corrected chi connectivity index (χ3v) is 8.12. The predicted octanol–water partition coefficient (Wildman–Crippen LogP) is 5.80. The Bertz CT molecular complexity index is 1380. The lowest BCUT2D eigenvalue weighted by Crippen LogP contribution is -2.41. The fourth-order valence-electron chi connectivity index (χ4n) is 5.43. The number of rotatable bonds is 5. The highest BCUT2D eigenvalue weighted by Crippen LogP contribution is 2.48. The van der Waals surface area contributed by atoms with Crippen molar-refractivity contribution in [1.82, 2.24) is 0 Å². The summed E-state index contributed by atoms with van der Waals surface area (Å²) >= 11 is 1.67. The molecule has 3 aromatic rings. The van der Waals surface area contributed by atoms with Crippen LogP contribution in [0.1, 0.15) is 47.6 Å². The lowest BCUT2D eigenvalue weighted by molar-refractivity contribution is -0.140. The van der Waals surface area contributed by atoms with Crippen molar-refractivity contribution in [3.05, 3.63) is 93.3 Å². The van der Waals surface area contributed by atoms with Crippen molar-refractivity contribution in [2.45, 2.75) is 38.2 Å². The first-order valence-electron chi connectivity index (χ1n) is 12.0. The van der Waals surface area contributed by atoms with Gasteiger partial charge in [-0.15, -0.1) is 11.3 Å². The van der Waals surface area contributed by atoms with Gasteiger partial charge in [0.1, 0.15) is 12.4 Å². The number of nitrogens with zero attached hydrogens (tertiary/aromatic N) is 1. The number of hydrogen-bond donors (Lipinski definition) is 0. The molecule has 0 spiro atoms. The van der Waals surface area contributed by atoms with Gasteiger partial charge in [-0.1, -0.05) is 42.5 Å². The molecule has 3 heterocycles. The molecule has 0 amide bonds. The van der Waals surface area contributed by atoms with Gasteiger partial charge < -0.3 is 14.2 Å². The van der Waals surface area contributed by atoms with Crippen LogP contribution in [0.3, 0.4) is 0 Å². The SMILES string of the molecule is CC1=C(C(=O)OCc2ccccc2)[C@H](c2ccc3c(c2)OCO3)[C@H]2C(=O)C[C@H](c3cccs3)CC2=N1. The van der Waals surface area contributed by atoms with Gasteiger partial charge in [0.05, 0.1) is 11.5 Å². The summed E-state index contributed by atoms with van der Waals surface area (Å²) in [7, 11) is 0. The Morgan fingerprint density at radius 2 is 1.86 bits per heavy atom. The Hall–Kier alpha value is -3.71.